The van der Waals surface area contributed by atoms with Gasteiger partial charge in [-0.25, -0.2) is 9.37 Å². The minimum atomic E-state index is -0.304. The number of aromatic nitrogens is 2. The Labute approximate surface area is 109 Å². The van der Waals surface area contributed by atoms with Gasteiger partial charge in [-0.05, 0) is 30.3 Å². The second kappa shape index (κ2) is 4.21. The van der Waals surface area contributed by atoms with Crippen LogP contribution in [0.5, 0.6) is 0 Å². The van der Waals surface area contributed by atoms with E-state index >= 15 is 0 Å². The summed E-state index contributed by atoms with van der Waals surface area (Å²) in [6.45, 7) is 0. The molecule has 2 aromatic carbocycles. The Morgan fingerprint density at radius 2 is 2.00 bits per heavy atom. The highest BCUT2D eigenvalue weighted by Gasteiger charge is 2.13. The molecule has 19 heavy (non-hydrogen) atoms. The first kappa shape index (κ1) is 11.4. The molecule has 1 aromatic heterocycles. The molecular weight excluding hydrogens is 241 g/mol. The number of halogens is 1. The largest absolute Gasteiger partial charge is 0.327 e. The number of nitrogens with zero attached hydrogens (tertiary/aromatic N) is 3. The van der Waals surface area contributed by atoms with Crippen molar-refractivity contribution in [1.82, 2.24) is 9.55 Å². The summed E-state index contributed by atoms with van der Waals surface area (Å²) in [7, 11) is 1.82. The predicted octanol–water partition coefficient (Wildman–Crippen LogP) is 3.25. The Kier molecular flexibility index (Phi) is 2.53. The lowest BCUT2D eigenvalue weighted by molar-refractivity contribution is 0.629. The zero-order chi connectivity index (χ0) is 13.4. The topological polar surface area (TPSA) is 41.6 Å². The number of benzene rings is 2. The van der Waals surface area contributed by atoms with Crippen molar-refractivity contribution >= 4 is 11.0 Å². The van der Waals surface area contributed by atoms with Crippen molar-refractivity contribution in [2.24, 2.45) is 7.05 Å². The monoisotopic (exact) mass is 251 g/mol. The summed E-state index contributed by atoms with van der Waals surface area (Å²) in [6, 6.07) is 13.9. The van der Waals surface area contributed by atoms with Gasteiger partial charge in [-0.2, -0.15) is 5.26 Å². The number of fused-ring (bicyclic) bond motifs is 1. The highest BCUT2D eigenvalue weighted by molar-refractivity contribution is 5.81. The van der Waals surface area contributed by atoms with Gasteiger partial charge in [0.15, 0.2) is 0 Å². The van der Waals surface area contributed by atoms with Crippen LogP contribution in [-0.4, -0.2) is 9.55 Å². The van der Waals surface area contributed by atoms with Gasteiger partial charge >= 0.3 is 0 Å². The molecular formula is C15H10FN3. The molecule has 0 radical (unpaired) electrons. The van der Waals surface area contributed by atoms with E-state index in [4.69, 9.17) is 5.26 Å². The highest BCUT2D eigenvalue weighted by Crippen LogP contribution is 2.26. The van der Waals surface area contributed by atoms with Crippen molar-refractivity contribution in [3.8, 4) is 17.5 Å². The van der Waals surface area contributed by atoms with Gasteiger partial charge in [0.05, 0.1) is 28.2 Å². The summed E-state index contributed by atoms with van der Waals surface area (Å²) in [4.78, 5) is 4.43. The second-order valence-electron chi connectivity index (χ2n) is 4.29. The average molecular weight is 251 g/mol. The quantitative estimate of drug-likeness (QED) is 0.666. The average Bonchev–Trinajstić information content (AvgIpc) is 2.76. The highest BCUT2D eigenvalue weighted by atomic mass is 19.1. The molecule has 0 aliphatic carbocycles. The molecule has 0 fully saturated rings. The number of nitriles is 1. The van der Waals surface area contributed by atoms with E-state index in [0.29, 0.717) is 17.0 Å². The summed E-state index contributed by atoms with van der Waals surface area (Å²) >= 11 is 0. The van der Waals surface area contributed by atoms with Crippen LogP contribution in [0.25, 0.3) is 22.4 Å². The fourth-order valence-corrected chi connectivity index (χ4v) is 2.14. The van der Waals surface area contributed by atoms with E-state index in [-0.39, 0.29) is 5.82 Å². The number of imidazole rings is 1. The van der Waals surface area contributed by atoms with Crippen molar-refractivity contribution < 1.29 is 4.39 Å². The van der Waals surface area contributed by atoms with Crippen molar-refractivity contribution in [2.75, 3.05) is 0 Å². The lowest BCUT2D eigenvalue weighted by Gasteiger charge is -2.03. The van der Waals surface area contributed by atoms with E-state index in [1.54, 1.807) is 41.0 Å². The maximum atomic E-state index is 13.8. The number of hydrogen-bond acceptors (Lipinski definition) is 2. The molecule has 3 nitrogen and oxygen atoms in total. The molecule has 0 atom stereocenters. The molecule has 0 aliphatic heterocycles. The minimum absolute atomic E-state index is 0.304. The molecule has 1 heterocycles. The van der Waals surface area contributed by atoms with E-state index in [2.05, 4.69) is 11.1 Å². The minimum Gasteiger partial charge on any atom is -0.327 e. The van der Waals surface area contributed by atoms with Crippen molar-refractivity contribution in [3.63, 3.8) is 0 Å². The van der Waals surface area contributed by atoms with Crippen molar-refractivity contribution in [1.29, 1.82) is 5.26 Å². The summed E-state index contributed by atoms with van der Waals surface area (Å²) in [5, 5.41) is 8.92. The van der Waals surface area contributed by atoms with Gasteiger partial charge < -0.3 is 4.57 Å². The fourth-order valence-electron chi connectivity index (χ4n) is 2.14. The number of rotatable bonds is 1. The molecule has 4 heteroatoms. The third kappa shape index (κ3) is 1.76. The number of hydrogen-bond donors (Lipinski definition) is 0. The van der Waals surface area contributed by atoms with Crippen LogP contribution in [0.4, 0.5) is 4.39 Å². The molecule has 0 aliphatic rings. The van der Waals surface area contributed by atoms with E-state index in [0.717, 1.165) is 11.0 Å². The van der Waals surface area contributed by atoms with Gasteiger partial charge in [0, 0.05) is 7.05 Å². The van der Waals surface area contributed by atoms with Crippen LogP contribution in [0, 0.1) is 17.1 Å². The molecule has 0 spiro atoms. The molecule has 92 valence electrons. The van der Waals surface area contributed by atoms with Crippen LogP contribution in [0.1, 0.15) is 5.56 Å². The maximum absolute atomic E-state index is 13.8. The van der Waals surface area contributed by atoms with Gasteiger partial charge in [-0.15, -0.1) is 0 Å². The Balaban J connectivity index is 2.30. The smallest absolute Gasteiger partial charge is 0.143 e. The molecule has 0 saturated carbocycles. The van der Waals surface area contributed by atoms with E-state index in [1.807, 2.05) is 7.05 Å². The Hall–Kier alpha value is -2.67. The SMILES string of the molecule is Cn1c(-c2ccccc2F)nc2ccc(C#N)cc21. The molecule has 3 aromatic rings. The van der Waals surface area contributed by atoms with Crippen LogP contribution in [0.2, 0.25) is 0 Å². The van der Waals surface area contributed by atoms with Gasteiger partial charge in [-0.3, -0.25) is 0 Å². The first-order chi connectivity index (χ1) is 9.20. The second-order valence-corrected chi connectivity index (χ2v) is 4.29. The molecule has 0 saturated heterocycles. The Morgan fingerprint density at radius 3 is 2.74 bits per heavy atom. The molecule has 0 unspecified atom stereocenters. The molecule has 3 rings (SSSR count). The van der Waals surface area contributed by atoms with Gasteiger partial charge in [0.2, 0.25) is 0 Å². The summed E-state index contributed by atoms with van der Waals surface area (Å²) < 4.78 is 15.6. The van der Waals surface area contributed by atoms with Gasteiger partial charge in [0.1, 0.15) is 11.6 Å². The lowest BCUT2D eigenvalue weighted by Crippen LogP contribution is -1.94. The summed E-state index contributed by atoms with van der Waals surface area (Å²) in [5.41, 5.74) is 2.59. The Morgan fingerprint density at radius 1 is 1.21 bits per heavy atom. The van der Waals surface area contributed by atoms with Crippen LogP contribution in [0.15, 0.2) is 42.5 Å². The third-order valence-corrected chi connectivity index (χ3v) is 3.12. The van der Waals surface area contributed by atoms with Gasteiger partial charge in [-0.1, -0.05) is 12.1 Å². The normalized spacial score (nSPS) is 10.6. The molecule has 0 N–H and O–H groups in total. The van der Waals surface area contributed by atoms with Crippen molar-refractivity contribution in [3.05, 3.63) is 53.8 Å². The fraction of sp³-hybridized carbons (Fsp3) is 0.0667. The summed E-state index contributed by atoms with van der Waals surface area (Å²) in [6.07, 6.45) is 0. The van der Waals surface area contributed by atoms with Crippen LogP contribution in [-0.2, 0) is 7.05 Å². The van der Waals surface area contributed by atoms with Gasteiger partial charge in [0.25, 0.3) is 0 Å². The maximum Gasteiger partial charge on any atom is 0.143 e. The summed E-state index contributed by atoms with van der Waals surface area (Å²) in [5.74, 6) is 0.254. The number of aryl methyl sites for hydroxylation is 1. The van der Waals surface area contributed by atoms with E-state index < -0.39 is 0 Å². The zero-order valence-corrected chi connectivity index (χ0v) is 10.3. The zero-order valence-electron chi connectivity index (χ0n) is 10.3. The predicted molar refractivity (Wildman–Crippen MR) is 70.8 cm³/mol. The molecule has 0 bridgehead atoms. The lowest BCUT2D eigenvalue weighted by atomic mass is 10.2. The van der Waals surface area contributed by atoms with E-state index in [1.165, 1.54) is 6.07 Å². The standard InChI is InChI=1S/C15H10FN3/c1-19-14-8-10(9-17)6-7-13(14)18-15(19)11-4-2-3-5-12(11)16/h2-8H,1H3. The third-order valence-electron chi connectivity index (χ3n) is 3.12. The van der Waals surface area contributed by atoms with Crippen LogP contribution >= 0.6 is 0 Å². The first-order valence-corrected chi connectivity index (χ1v) is 5.82. The van der Waals surface area contributed by atoms with Crippen LogP contribution in [0.3, 0.4) is 0 Å². The van der Waals surface area contributed by atoms with Crippen molar-refractivity contribution in [2.45, 2.75) is 0 Å². The van der Waals surface area contributed by atoms with Crippen LogP contribution < -0.4 is 0 Å². The Bertz CT molecular complexity index is 812. The molecule has 0 amide bonds. The van der Waals surface area contributed by atoms with E-state index in [9.17, 15) is 4.39 Å². The first-order valence-electron chi connectivity index (χ1n) is 5.82.